The van der Waals surface area contributed by atoms with E-state index in [1.165, 1.54) is 99.3 Å². The summed E-state index contributed by atoms with van der Waals surface area (Å²) in [7, 11) is 0. The van der Waals surface area contributed by atoms with E-state index < -0.39 is 0 Å². The highest BCUT2D eigenvalue weighted by atomic mass is 35.5. The van der Waals surface area contributed by atoms with Gasteiger partial charge in [-0.1, -0.05) is 263 Å². The number of hydrogen-bond acceptors (Lipinski definition) is 8. The number of halogens is 1. The van der Waals surface area contributed by atoms with Crippen molar-refractivity contribution < 1.29 is 0 Å². The standard InChI is InChI=1S/C16H14S2.C15H15ClS2.C14H14S2.C12H12S2.8C2H6.CH4/c1-17-14-10-9-12-8-7-11-5-3-4-6-13(11)15(12)16(14)18-2;1-10-7-11(9-12(16)8-10)13-5-4-6-14(17-2)15(13)18-3;1-15-13-10-6-9-12(14(13)16-2)11-7-4-3-5-8-11;1-13-11-8-7-9-5-3-4-6-10(9)12(11)14-2;8*1-2;/h3-10H,1-2H3;4-9H,1-3H3;3-10H,1-2H3;3-8H,1-2H3;8*1-2H3;1H4. The minimum absolute atomic E-state index is 0. The number of thioether (sulfide) groups is 8. The molecule has 0 aromatic heterocycles. The SMILES string of the molecule is C.CC.CC.CC.CC.CC.CC.CC.CC.CSc1ccc2ccc3ccccc3c2c1SC.CSc1ccc2ccccc2c1SC.CSc1cccc(-c2cc(C)cc(Cl)c2)c1SC.CSc1cccc(-c2ccccc2)c1SC. The van der Waals surface area contributed by atoms with Gasteiger partial charge in [-0.25, -0.2) is 0 Å². The average Bonchev–Trinajstić information content (AvgIpc) is 3.77. The van der Waals surface area contributed by atoms with Crippen LogP contribution in [0.5, 0.6) is 0 Å². The quantitative estimate of drug-likeness (QED) is 0.0969. The molecule has 9 aromatic carbocycles. The van der Waals surface area contributed by atoms with Crippen molar-refractivity contribution in [1.82, 2.24) is 0 Å². The van der Waals surface area contributed by atoms with Crippen LogP contribution < -0.4 is 0 Å². The van der Waals surface area contributed by atoms with Gasteiger partial charge in [0.15, 0.2) is 0 Å². The largest absolute Gasteiger partial charge is 0.128 e. The number of hydrogen-bond donors (Lipinski definition) is 0. The van der Waals surface area contributed by atoms with Crippen LogP contribution in [-0.2, 0) is 0 Å². The van der Waals surface area contributed by atoms with E-state index in [0.29, 0.717) is 0 Å². The van der Waals surface area contributed by atoms with Gasteiger partial charge in [0.2, 0.25) is 0 Å². The van der Waals surface area contributed by atoms with Crippen LogP contribution in [0.4, 0.5) is 0 Å². The van der Waals surface area contributed by atoms with Crippen molar-refractivity contribution in [2.75, 3.05) is 50.0 Å². The fourth-order valence-electron chi connectivity index (χ4n) is 7.74. The zero-order valence-electron chi connectivity index (χ0n) is 54.8. The molecule has 0 unspecified atom stereocenters. The van der Waals surface area contributed by atoms with Gasteiger partial charge in [-0.3, -0.25) is 0 Å². The normalized spacial score (nSPS) is 9.13. The van der Waals surface area contributed by atoms with E-state index in [1.807, 2.05) is 193 Å². The number of fused-ring (bicyclic) bond motifs is 4. The van der Waals surface area contributed by atoms with Crippen molar-refractivity contribution in [2.45, 2.75) is 164 Å². The van der Waals surface area contributed by atoms with Gasteiger partial charge in [0.05, 0.1) is 0 Å². The maximum absolute atomic E-state index is 6.16. The molecule has 0 amide bonds. The first-order valence-corrected chi connectivity index (χ1v) is 39.3. The van der Waals surface area contributed by atoms with Gasteiger partial charge in [-0.2, -0.15) is 0 Å². The summed E-state index contributed by atoms with van der Waals surface area (Å²) in [4.78, 5) is 10.9. The molecule has 0 N–H and O–H groups in total. The lowest BCUT2D eigenvalue weighted by Crippen LogP contribution is -1.86. The third-order valence-corrected chi connectivity index (χ3v) is 18.0. The molecule has 9 rings (SSSR count). The Kier molecular flexibility index (Phi) is 57.6. The number of aryl methyl sites for hydroxylation is 1. The molecule has 0 aliphatic rings. The Morgan fingerprint density at radius 3 is 1.06 bits per heavy atom. The summed E-state index contributed by atoms with van der Waals surface area (Å²) in [5.41, 5.74) is 6.28. The molecule has 9 aromatic rings. The summed E-state index contributed by atoms with van der Waals surface area (Å²) in [6, 6.07) is 60.2. The van der Waals surface area contributed by atoms with E-state index in [4.69, 9.17) is 11.6 Å². The summed E-state index contributed by atoms with van der Waals surface area (Å²) in [5, 5.41) is 8.89. The van der Waals surface area contributed by atoms with Crippen LogP contribution in [0, 0.1) is 6.92 Å². The van der Waals surface area contributed by atoms with Gasteiger partial charge in [-0.15, -0.1) is 94.1 Å². The second kappa shape index (κ2) is 55.4. The molecule has 0 aliphatic heterocycles. The summed E-state index contributed by atoms with van der Waals surface area (Å²) in [6.45, 7) is 34.1. The van der Waals surface area contributed by atoms with Crippen LogP contribution in [0.2, 0.25) is 5.02 Å². The fourth-order valence-corrected chi connectivity index (χ4v) is 14.8. The predicted molar refractivity (Wildman–Crippen MR) is 411 cm³/mol. The van der Waals surface area contributed by atoms with Gasteiger partial charge in [0.25, 0.3) is 0 Å². The highest BCUT2D eigenvalue weighted by molar-refractivity contribution is 8.03. The average molecular weight is 1290 g/mol. The van der Waals surface area contributed by atoms with E-state index in [-0.39, 0.29) is 7.43 Å². The molecule has 458 valence electrons. The molecular weight excluding hydrogens is 1180 g/mol. The summed E-state index contributed by atoms with van der Waals surface area (Å²) in [5.74, 6) is 0. The lowest BCUT2D eigenvalue weighted by molar-refractivity contribution is 1.26. The summed E-state index contributed by atoms with van der Waals surface area (Å²) < 4.78 is 0. The Hall–Kier alpha value is -3.15. The third kappa shape index (κ3) is 27.6. The number of benzene rings is 9. The van der Waals surface area contributed by atoms with Crippen LogP contribution in [0.25, 0.3) is 54.6 Å². The first kappa shape index (κ1) is 86.3. The van der Waals surface area contributed by atoms with Crippen molar-refractivity contribution in [2.24, 2.45) is 0 Å². The Balaban J connectivity index is -0.000000462. The molecule has 0 saturated heterocycles. The lowest BCUT2D eigenvalue weighted by Gasteiger charge is -2.12. The molecule has 0 radical (unpaired) electrons. The second-order valence-electron chi connectivity index (χ2n) is 14.7. The highest BCUT2D eigenvalue weighted by Gasteiger charge is 2.12. The fraction of sp³-hybridized carbons (Fsp3) is 0.351. The maximum Gasteiger partial charge on any atom is 0.0414 e. The summed E-state index contributed by atoms with van der Waals surface area (Å²) in [6.07, 6.45) is 17.1. The zero-order valence-corrected chi connectivity index (χ0v) is 62.1. The Labute approximate surface area is 550 Å². The van der Waals surface area contributed by atoms with Crippen molar-refractivity contribution in [3.8, 4) is 22.3 Å². The molecule has 0 fully saturated rings. The van der Waals surface area contributed by atoms with Crippen LogP contribution in [-0.4, -0.2) is 50.0 Å². The molecule has 0 saturated carbocycles. The summed E-state index contributed by atoms with van der Waals surface area (Å²) >= 11 is 20.7. The predicted octanol–water partition coefficient (Wildman–Crippen LogP) is 29.1. The molecule has 0 atom stereocenters. The van der Waals surface area contributed by atoms with Gasteiger partial charge in [0, 0.05) is 49.6 Å². The van der Waals surface area contributed by atoms with Gasteiger partial charge < -0.3 is 0 Å². The van der Waals surface area contributed by atoms with Crippen molar-refractivity contribution >= 4 is 138 Å². The van der Waals surface area contributed by atoms with Crippen molar-refractivity contribution in [1.29, 1.82) is 0 Å². The van der Waals surface area contributed by atoms with Crippen LogP contribution in [0.15, 0.2) is 209 Å². The van der Waals surface area contributed by atoms with Crippen LogP contribution in [0.3, 0.4) is 0 Å². The molecule has 9 heteroatoms. The Bertz CT molecular complexity index is 2990. The highest BCUT2D eigenvalue weighted by Crippen LogP contribution is 2.41. The number of rotatable bonds is 10. The molecule has 0 nitrogen and oxygen atoms in total. The van der Waals surface area contributed by atoms with Gasteiger partial charge >= 0.3 is 0 Å². The van der Waals surface area contributed by atoms with Gasteiger partial charge in [-0.05, 0) is 148 Å². The molecule has 0 bridgehead atoms. The van der Waals surface area contributed by atoms with E-state index >= 15 is 0 Å². The smallest absolute Gasteiger partial charge is 0.0414 e. The van der Waals surface area contributed by atoms with Crippen molar-refractivity contribution in [3.05, 3.63) is 180 Å². The third-order valence-electron chi connectivity index (χ3n) is 10.8. The topological polar surface area (TPSA) is 0 Å². The second-order valence-corrected chi connectivity index (χ2v) is 21.8. The van der Waals surface area contributed by atoms with E-state index in [9.17, 15) is 0 Å². The van der Waals surface area contributed by atoms with E-state index in [2.05, 4.69) is 215 Å². The molecular formula is C74H107ClS8. The Morgan fingerprint density at radius 1 is 0.277 bits per heavy atom. The first-order chi connectivity index (χ1) is 40.2. The van der Waals surface area contributed by atoms with Crippen molar-refractivity contribution in [3.63, 3.8) is 0 Å². The molecule has 0 aliphatic carbocycles. The Morgan fingerprint density at radius 2 is 0.627 bits per heavy atom. The first-order valence-electron chi connectivity index (χ1n) is 29.1. The van der Waals surface area contributed by atoms with Crippen LogP contribution >= 0.6 is 106 Å². The maximum atomic E-state index is 6.16. The molecule has 0 spiro atoms. The van der Waals surface area contributed by atoms with Gasteiger partial charge in [0.1, 0.15) is 0 Å². The van der Waals surface area contributed by atoms with Crippen LogP contribution in [0.1, 0.15) is 124 Å². The molecule has 0 heterocycles. The zero-order chi connectivity index (χ0) is 63.0. The lowest BCUT2D eigenvalue weighted by atomic mass is 10.0. The van der Waals surface area contributed by atoms with E-state index in [1.54, 1.807) is 23.5 Å². The monoisotopic (exact) mass is 1290 g/mol. The van der Waals surface area contributed by atoms with E-state index in [0.717, 1.165) is 5.02 Å². The minimum Gasteiger partial charge on any atom is -0.128 e. The molecule has 83 heavy (non-hydrogen) atoms. The minimum atomic E-state index is 0.